The van der Waals surface area contributed by atoms with Gasteiger partial charge in [0.2, 0.25) is 0 Å². The minimum Gasteiger partial charge on any atom is -0.410 e. The summed E-state index contributed by atoms with van der Waals surface area (Å²) in [5, 5.41) is 0. The maximum Gasteiger partial charge on any atom is 0.415 e. The van der Waals surface area contributed by atoms with E-state index in [0.29, 0.717) is 18.8 Å². The Bertz CT molecular complexity index is 459. The van der Waals surface area contributed by atoms with E-state index in [9.17, 15) is 4.79 Å². The molecule has 1 aromatic rings. The van der Waals surface area contributed by atoms with E-state index in [1.165, 1.54) is 5.56 Å². The van der Waals surface area contributed by atoms with Crippen molar-refractivity contribution in [2.75, 3.05) is 13.1 Å². The van der Waals surface area contributed by atoms with Gasteiger partial charge in [0.05, 0.1) is 0 Å². The highest BCUT2D eigenvalue weighted by atomic mass is 16.6. The SMILES string of the molecule is CCN(CC)C(=O)Oc1c(C)cc(C(C)(C)C)cc1C. The van der Waals surface area contributed by atoms with Crippen molar-refractivity contribution in [1.82, 2.24) is 4.90 Å². The third-order valence-corrected chi connectivity index (χ3v) is 3.54. The summed E-state index contributed by atoms with van der Waals surface area (Å²) >= 11 is 0. The van der Waals surface area contributed by atoms with Crippen LogP contribution in [0.3, 0.4) is 0 Å². The fourth-order valence-corrected chi connectivity index (χ4v) is 2.18. The number of ether oxygens (including phenoxy) is 1. The van der Waals surface area contributed by atoms with Crippen molar-refractivity contribution in [1.29, 1.82) is 0 Å². The Labute approximate surface area is 122 Å². The summed E-state index contributed by atoms with van der Waals surface area (Å²) in [6, 6.07) is 4.22. The van der Waals surface area contributed by atoms with Crippen molar-refractivity contribution in [2.24, 2.45) is 0 Å². The minimum absolute atomic E-state index is 0.0942. The van der Waals surface area contributed by atoms with Crippen LogP contribution in [-0.2, 0) is 5.41 Å². The molecule has 0 aliphatic rings. The van der Waals surface area contributed by atoms with Gasteiger partial charge in [0.1, 0.15) is 5.75 Å². The van der Waals surface area contributed by atoms with Gasteiger partial charge in [-0.05, 0) is 49.8 Å². The van der Waals surface area contributed by atoms with Crippen LogP contribution >= 0.6 is 0 Å². The topological polar surface area (TPSA) is 29.5 Å². The van der Waals surface area contributed by atoms with E-state index in [1.807, 2.05) is 27.7 Å². The molecule has 0 bridgehead atoms. The molecule has 0 saturated carbocycles. The monoisotopic (exact) mass is 277 g/mol. The van der Waals surface area contributed by atoms with Crippen LogP contribution in [0.25, 0.3) is 0 Å². The van der Waals surface area contributed by atoms with Crippen molar-refractivity contribution in [2.45, 2.75) is 53.9 Å². The Hall–Kier alpha value is -1.51. The lowest BCUT2D eigenvalue weighted by Crippen LogP contribution is -2.33. The van der Waals surface area contributed by atoms with E-state index in [0.717, 1.165) is 11.1 Å². The zero-order valence-electron chi connectivity index (χ0n) is 13.8. The van der Waals surface area contributed by atoms with Crippen LogP contribution in [-0.4, -0.2) is 24.1 Å². The zero-order chi connectivity index (χ0) is 15.5. The van der Waals surface area contributed by atoms with Crippen molar-refractivity contribution >= 4 is 6.09 Å². The van der Waals surface area contributed by atoms with E-state index in [4.69, 9.17) is 4.74 Å². The second-order valence-corrected chi connectivity index (χ2v) is 6.23. The molecule has 3 nitrogen and oxygen atoms in total. The van der Waals surface area contributed by atoms with Crippen LogP contribution in [0, 0.1) is 13.8 Å². The lowest BCUT2D eigenvalue weighted by molar-refractivity contribution is 0.156. The molecule has 0 unspecified atom stereocenters. The fourth-order valence-electron chi connectivity index (χ4n) is 2.18. The minimum atomic E-state index is -0.273. The molecule has 0 heterocycles. The maximum absolute atomic E-state index is 12.1. The predicted octanol–water partition coefficient (Wildman–Crippen LogP) is 4.44. The number of amides is 1. The van der Waals surface area contributed by atoms with E-state index >= 15 is 0 Å². The summed E-state index contributed by atoms with van der Waals surface area (Å²) in [5.41, 5.74) is 3.37. The van der Waals surface area contributed by atoms with Crippen LogP contribution in [0.1, 0.15) is 51.3 Å². The quantitative estimate of drug-likeness (QED) is 0.817. The number of carbonyl (C=O) groups excluding carboxylic acids is 1. The molecule has 1 amide bonds. The van der Waals surface area contributed by atoms with E-state index in [1.54, 1.807) is 4.90 Å². The summed E-state index contributed by atoms with van der Waals surface area (Å²) in [7, 11) is 0. The van der Waals surface area contributed by atoms with Crippen molar-refractivity contribution in [3.63, 3.8) is 0 Å². The van der Waals surface area contributed by atoms with Gasteiger partial charge in [0.15, 0.2) is 0 Å². The average Bonchev–Trinajstić information content (AvgIpc) is 2.33. The molecule has 0 atom stereocenters. The smallest absolute Gasteiger partial charge is 0.410 e. The normalized spacial score (nSPS) is 11.3. The molecule has 1 aromatic carbocycles. The number of aryl methyl sites for hydroxylation is 2. The Morgan fingerprint density at radius 2 is 1.55 bits per heavy atom. The Morgan fingerprint density at radius 3 is 1.90 bits per heavy atom. The van der Waals surface area contributed by atoms with Gasteiger partial charge in [-0.3, -0.25) is 0 Å². The lowest BCUT2D eigenvalue weighted by Gasteiger charge is -2.23. The van der Waals surface area contributed by atoms with Gasteiger partial charge >= 0.3 is 6.09 Å². The third kappa shape index (κ3) is 3.75. The first-order valence-corrected chi connectivity index (χ1v) is 7.29. The summed E-state index contributed by atoms with van der Waals surface area (Å²) in [6.07, 6.45) is -0.273. The molecular weight excluding hydrogens is 250 g/mol. The molecule has 0 spiro atoms. The highest BCUT2D eigenvalue weighted by molar-refractivity contribution is 5.71. The van der Waals surface area contributed by atoms with E-state index in [2.05, 4.69) is 32.9 Å². The Kier molecular flexibility index (Phi) is 5.21. The van der Waals surface area contributed by atoms with Crippen LogP contribution < -0.4 is 4.74 Å². The highest BCUT2D eigenvalue weighted by Gasteiger charge is 2.19. The average molecular weight is 277 g/mol. The van der Waals surface area contributed by atoms with Gasteiger partial charge in [0.25, 0.3) is 0 Å². The number of hydrogen-bond acceptors (Lipinski definition) is 2. The Morgan fingerprint density at radius 1 is 1.10 bits per heavy atom. The number of nitrogens with zero attached hydrogens (tertiary/aromatic N) is 1. The van der Waals surface area contributed by atoms with Gasteiger partial charge in [0, 0.05) is 13.1 Å². The standard InChI is InChI=1S/C17H27NO2/c1-8-18(9-2)16(19)20-15-12(3)10-14(11-13(15)4)17(5,6)7/h10-11H,8-9H2,1-7H3. The number of rotatable bonds is 3. The van der Waals surface area contributed by atoms with Gasteiger partial charge in [-0.1, -0.05) is 32.9 Å². The first-order valence-electron chi connectivity index (χ1n) is 7.29. The van der Waals surface area contributed by atoms with Gasteiger partial charge in [-0.25, -0.2) is 4.79 Å². The Balaban J connectivity index is 3.06. The summed E-state index contributed by atoms with van der Waals surface area (Å²) < 4.78 is 5.57. The first kappa shape index (κ1) is 16.5. The molecule has 0 aliphatic heterocycles. The van der Waals surface area contributed by atoms with Crippen molar-refractivity contribution in [3.05, 3.63) is 28.8 Å². The fraction of sp³-hybridized carbons (Fsp3) is 0.588. The summed E-state index contributed by atoms with van der Waals surface area (Å²) in [6.45, 7) is 15.8. The first-order chi connectivity index (χ1) is 9.20. The maximum atomic E-state index is 12.1. The lowest BCUT2D eigenvalue weighted by atomic mass is 9.85. The summed E-state index contributed by atoms with van der Waals surface area (Å²) in [4.78, 5) is 13.7. The molecule has 1 rings (SSSR count). The molecule has 0 fully saturated rings. The predicted molar refractivity (Wildman–Crippen MR) is 83.6 cm³/mol. The molecule has 112 valence electrons. The zero-order valence-corrected chi connectivity index (χ0v) is 13.8. The molecule has 3 heteroatoms. The molecular formula is C17H27NO2. The van der Waals surface area contributed by atoms with Crippen molar-refractivity contribution in [3.8, 4) is 5.75 Å². The molecule has 0 saturated heterocycles. The van der Waals surface area contributed by atoms with Crippen LogP contribution in [0.15, 0.2) is 12.1 Å². The van der Waals surface area contributed by atoms with Crippen LogP contribution in [0.5, 0.6) is 5.75 Å². The van der Waals surface area contributed by atoms with Crippen LogP contribution in [0.4, 0.5) is 4.79 Å². The van der Waals surface area contributed by atoms with Crippen molar-refractivity contribution < 1.29 is 9.53 Å². The molecule has 0 aromatic heterocycles. The van der Waals surface area contributed by atoms with E-state index in [-0.39, 0.29) is 11.5 Å². The van der Waals surface area contributed by atoms with Gasteiger partial charge < -0.3 is 9.64 Å². The highest BCUT2D eigenvalue weighted by Crippen LogP contribution is 2.31. The summed E-state index contributed by atoms with van der Waals surface area (Å²) in [5.74, 6) is 0.690. The molecule has 20 heavy (non-hydrogen) atoms. The van der Waals surface area contributed by atoms with Gasteiger partial charge in [-0.2, -0.15) is 0 Å². The number of carbonyl (C=O) groups is 1. The third-order valence-electron chi connectivity index (χ3n) is 3.54. The number of benzene rings is 1. The van der Waals surface area contributed by atoms with Gasteiger partial charge in [-0.15, -0.1) is 0 Å². The second-order valence-electron chi connectivity index (χ2n) is 6.23. The molecule has 0 aliphatic carbocycles. The second kappa shape index (κ2) is 6.29. The molecule has 0 N–H and O–H groups in total. The van der Waals surface area contributed by atoms with E-state index < -0.39 is 0 Å². The number of hydrogen-bond donors (Lipinski definition) is 0. The van der Waals surface area contributed by atoms with Crippen LogP contribution in [0.2, 0.25) is 0 Å². The molecule has 0 radical (unpaired) electrons. The largest absolute Gasteiger partial charge is 0.415 e.